The van der Waals surface area contributed by atoms with E-state index in [4.69, 9.17) is 9.47 Å². The highest BCUT2D eigenvalue weighted by atomic mass is 16.5. The highest BCUT2D eigenvalue weighted by Crippen LogP contribution is 2.17. The number of ether oxygens (including phenoxy) is 2. The SMILES string of the molecule is COc1ccnc(-n2nc(C)cc2OC)n1. The summed E-state index contributed by atoms with van der Waals surface area (Å²) in [7, 11) is 3.13. The first-order valence-electron chi connectivity index (χ1n) is 4.72. The second-order valence-electron chi connectivity index (χ2n) is 3.14. The predicted molar refractivity (Wildman–Crippen MR) is 57.0 cm³/mol. The Bertz CT molecular complexity index is 495. The molecule has 0 amide bonds. The summed E-state index contributed by atoms with van der Waals surface area (Å²) in [5.41, 5.74) is 0.836. The van der Waals surface area contributed by atoms with Gasteiger partial charge >= 0.3 is 0 Å². The van der Waals surface area contributed by atoms with Crippen molar-refractivity contribution in [3.05, 3.63) is 24.0 Å². The number of hydrogen-bond donors (Lipinski definition) is 0. The van der Waals surface area contributed by atoms with Crippen molar-refractivity contribution in [3.63, 3.8) is 0 Å². The van der Waals surface area contributed by atoms with Crippen molar-refractivity contribution in [1.29, 1.82) is 0 Å². The second kappa shape index (κ2) is 4.18. The van der Waals surface area contributed by atoms with Gasteiger partial charge in [-0.25, -0.2) is 4.98 Å². The minimum atomic E-state index is 0.421. The van der Waals surface area contributed by atoms with Gasteiger partial charge in [0.2, 0.25) is 11.8 Å². The molecule has 0 saturated carbocycles. The first-order chi connectivity index (χ1) is 7.74. The number of methoxy groups -OCH3 is 2. The number of aryl methyl sites for hydroxylation is 1. The van der Waals surface area contributed by atoms with Crippen LogP contribution in [0, 0.1) is 6.92 Å². The van der Waals surface area contributed by atoms with E-state index in [1.807, 2.05) is 13.0 Å². The van der Waals surface area contributed by atoms with Crippen LogP contribution in [0.25, 0.3) is 5.95 Å². The fraction of sp³-hybridized carbons (Fsp3) is 0.300. The van der Waals surface area contributed by atoms with E-state index in [1.54, 1.807) is 26.5 Å². The van der Waals surface area contributed by atoms with Crippen LogP contribution >= 0.6 is 0 Å². The molecule has 6 nitrogen and oxygen atoms in total. The van der Waals surface area contributed by atoms with Crippen molar-refractivity contribution in [2.24, 2.45) is 0 Å². The zero-order valence-corrected chi connectivity index (χ0v) is 9.34. The molecule has 0 aliphatic heterocycles. The molecule has 0 bridgehead atoms. The van der Waals surface area contributed by atoms with Gasteiger partial charge in [-0.05, 0) is 6.92 Å². The van der Waals surface area contributed by atoms with Gasteiger partial charge in [-0.1, -0.05) is 0 Å². The standard InChI is InChI=1S/C10H12N4O2/c1-7-6-9(16-3)14(13-7)10-11-5-4-8(12-10)15-2/h4-6H,1-3H3. The Hall–Kier alpha value is -2.11. The highest BCUT2D eigenvalue weighted by Gasteiger charge is 2.10. The molecule has 0 unspecified atom stereocenters. The second-order valence-corrected chi connectivity index (χ2v) is 3.14. The van der Waals surface area contributed by atoms with Gasteiger partial charge in [0.25, 0.3) is 5.95 Å². The van der Waals surface area contributed by atoms with Crippen LogP contribution in [0.1, 0.15) is 5.69 Å². The number of nitrogens with zero attached hydrogens (tertiary/aromatic N) is 4. The zero-order chi connectivity index (χ0) is 11.5. The van der Waals surface area contributed by atoms with Gasteiger partial charge in [0.1, 0.15) is 0 Å². The Morgan fingerprint density at radius 1 is 1.25 bits per heavy atom. The largest absolute Gasteiger partial charge is 0.481 e. The van der Waals surface area contributed by atoms with Crippen LogP contribution in [0.5, 0.6) is 11.8 Å². The van der Waals surface area contributed by atoms with E-state index in [9.17, 15) is 0 Å². The molecule has 0 aromatic carbocycles. The molecular formula is C10H12N4O2. The normalized spacial score (nSPS) is 10.2. The average Bonchev–Trinajstić information content (AvgIpc) is 2.70. The van der Waals surface area contributed by atoms with E-state index in [0.29, 0.717) is 17.7 Å². The number of hydrogen-bond acceptors (Lipinski definition) is 5. The molecule has 0 N–H and O–H groups in total. The first-order valence-corrected chi connectivity index (χ1v) is 4.72. The molecule has 2 rings (SSSR count). The predicted octanol–water partition coefficient (Wildman–Crippen LogP) is 0.988. The molecule has 0 radical (unpaired) electrons. The van der Waals surface area contributed by atoms with Crippen LogP contribution in [0.4, 0.5) is 0 Å². The molecule has 84 valence electrons. The number of rotatable bonds is 3. The van der Waals surface area contributed by atoms with E-state index >= 15 is 0 Å². The van der Waals surface area contributed by atoms with Crippen molar-refractivity contribution < 1.29 is 9.47 Å². The van der Waals surface area contributed by atoms with Gasteiger partial charge in [0.15, 0.2) is 0 Å². The summed E-state index contributed by atoms with van der Waals surface area (Å²) >= 11 is 0. The third kappa shape index (κ3) is 1.81. The van der Waals surface area contributed by atoms with Crippen molar-refractivity contribution in [1.82, 2.24) is 19.7 Å². The lowest BCUT2D eigenvalue weighted by Gasteiger charge is -2.04. The molecule has 16 heavy (non-hydrogen) atoms. The molecule has 2 heterocycles. The summed E-state index contributed by atoms with van der Waals surface area (Å²) in [6.45, 7) is 1.87. The molecule has 0 spiro atoms. The van der Waals surface area contributed by atoms with Crippen LogP contribution in [0.3, 0.4) is 0 Å². The van der Waals surface area contributed by atoms with E-state index in [0.717, 1.165) is 5.69 Å². The Balaban J connectivity index is 2.48. The summed E-state index contributed by atoms with van der Waals surface area (Å²) < 4.78 is 11.7. The van der Waals surface area contributed by atoms with E-state index in [2.05, 4.69) is 15.1 Å². The van der Waals surface area contributed by atoms with Gasteiger partial charge in [-0.15, -0.1) is 0 Å². The number of aromatic nitrogens is 4. The molecule has 6 heteroatoms. The van der Waals surface area contributed by atoms with Crippen LogP contribution in [0.2, 0.25) is 0 Å². The first kappa shape index (κ1) is 10.4. The quantitative estimate of drug-likeness (QED) is 0.771. The molecule has 0 aliphatic rings. The third-order valence-corrected chi connectivity index (χ3v) is 2.02. The van der Waals surface area contributed by atoms with E-state index in [-0.39, 0.29) is 0 Å². The molecule has 0 atom stereocenters. The maximum absolute atomic E-state index is 5.17. The molecule has 2 aromatic rings. The molecule has 2 aromatic heterocycles. The van der Waals surface area contributed by atoms with Crippen molar-refractivity contribution in [2.45, 2.75) is 6.92 Å². The molecule has 0 aliphatic carbocycles. The smallest absolute Gasteiger partial charge is 0.257 e. The monoisotopic (exact) mass is 220 g/mol. The van der Waals surface area contributed by atoms with Gasteiger partial charge in [0, 0.05) is 18.3 Å². The van der Waals surface area contributed by atoms with Gasteiger partial charge in [-0.3, -0.25) is 0 Å². The summed E-state index contributed by atoms with van der Waals surface area (Å²) in [5.74, 6) is 1.50. The minimum Gasteiger partial charge on any atom is -0.481 e. The average molecular weight is 220 g/mol. The summed E-state index contributed by atoms with van der Waals surface area (Å²) in [6, 6.07) is 3.48. The van der Waals surface area contributed by atoms with Gasteiger partial charge in [0.05, 0.1) is 19.9 Å². The highest BCUT2D eigenvalue weighted by molar-refractivity contribution is 5.26. The summed E-state index contributed by atoms with van der Waals surface area (Å²) in [5, 5.41) is 4.24. The fourth-order valence-electron chi connectivity index (χ4n) is 1.31. The van der Waals surface area contributed by atoms with Crippen molar-refractivity contribution in [2.75, 3.05) is 14.2 Å². The zero-order valence-electron chi connectivity index (χ0n) is 9.34. The maximum Gasteiger partial charge on any atom is 0.257 e. The van der Waals surface area contributed by atoms with Crippen molar-refractivity contribution >= 4 is 0 Å². The van der Waals surface area contributed by atoms with Gasteiger partial charge < -0.3 is 9.47 Å². The Kier molecular flexibility index (Phi) is 2.72. The third-order valence-electron chi connectivity index (χ3n) is 2.02. The van der Waals surface area contributed by atoms with Crippen LogP contribution < -0.4 is 9.47 Å². The van der Waals surface area contributed by atoms with Gasteiger partial charge in [-0.2, -0.15) is 14.8 Å². The lowest BCUT2D eigenvalue weighted by molar-refractivity contribution is 0.376. The maximum atomic E-state index is 5.17. The fourth-order valence-corrected chi connectivity index (χ4v) is 1.31. The molecule has 0 fully saturated rings. The van der Waals surface area contributed by atoms with E-state index in [1.165, 1.54) is 4.68 Å². The van der Waals surface area contributed by atoms with Crippen LogP contribution in [0.15, 0.2) is 18.3 Å². The Labute approximate surface area is 92.9 Å². The summed E-state index contributed by atoms with van der Waals surface area (Å²) in [4.78, 5) is 8.28. The topological polar surface area (TPSA) is 62.1 Å². The van der Waals surface area contributed by atoms with Crippen molar-refractivity contribution in [3.8, 4) is 17.7 Å². The van der Waals surface area contributed by atoms with Crippen LogP contribution in [-0.2, 0) is 0 Å². The van der Waals surface area contributed by atoms with Crippen LogP contribution in [-0.4, -0.2) is 34.0 Å². The molecular weight excluding hydrogens is 208 g/mol. The summed E-state index contributed by atoms with van der Waals surface area (Å²) in [6.07, 6.45) is 1.61. The lowest BCUT2D eigenvalue weighted by Crippen LogP contribution is -2.05. The Morgan fingerprint density at radius 2 is 2.06 bits per heavy atom. The van der Waals surface area contributed by atoms with E-state index < -0.39 is 0 Å². The lowest BCUT2D eigenvalue weighted by atomic mass is 10.5. The Morgan fingerprint density at radius 3 is 2.75 bits per heavy atom. The minimum absolute atomic E-state index is 0.421. The molecule has 0 saturated heterocycles.